The van der Waals surface area contributed by atoms with Crippen LogP contribution in [0.4, 0.5) is 18.9 Å². The van der Waals surface area contributed by atoms with Crippen molar-refractivity contribution in [1.82, 2.24) is 9.55 Å². The fraction of sp³-hybridized carbons (Fsp3) is 0.227. The molecule has 2 heterocycles. The normalized spacial score (nSPS) is 13.0. The summed E-state index contributed by atoms with van der Waals surface area (Å²) in [4.78, 5) is 30.7. The van der Waals surface area contributed by atoms with Gasteiger partial charge in [0.2, 0.25) is 5.91 Å². The van der Waals surface area contributed by atoms with Gasteiger partial charge in [-0.2, -0.15) is 0 Å². The Balaban J connectivity index is 1.58. The molecule has 178 valence electrons. The Morgan fingerprint density at radius 2 is 2.00 bits per heavy atom. The molecular formula is C22H17ClF3N3O3S2. The third-order valence-electron chi connectivity index (χ3n) is 4.78. The van der Waals surface area contributed by atoms with E-state index in [-0.39, 0.29) is 22.4 Å². The fourth-order valence-corrected chi connectivity index (χ4v) is 5.25. The number of benzene rings is 2. The second-order valence-electron chi connectivity index (χ2n) is 7.25. The van der Waals surface area contributed by atoms with E-state index in [4.69, 9.17) is 11.6 Å². The number of carbonyl (C=O) groups excluding carboxylic acids is 1. The van der Waals surface area contributed by atoms with Crippen LogP contribution in [0.15, 0.2) is 57.3 Å². The van der Waals surface area contributed by atoms with Gasteiger partial charge in [-0.1, -0.05) is 29.4 Å². The molecule has 0 saturated carbocycles. The van der Waals surface area contributed by atoms with Crippen molar-refractivity contribution >= 4 is 46.7 Å². The van der Waals surface area contributed by atoms with Crippen LogP contribution < -0.4 is 15.6 Å². The van der Waals surface area contributed by atoms with Gasteiger partial charge in [-0.05, 0) is 48.9 Å². The van der Waals surface area contributed by atoms with Gasteiger partial charge in [0.15, 0.2) is 5.16 Å². The average molecular weight is 528 g/mol. The number of fused-ring (bicyclic) bond motifs is 1. The number of hydrogen-bond acceptors (Lipinski definition) is 6. The summed E-state index contributed by atoms with van der Waals surface area (Å²) in [6.07, 6.45) is -4.20. The molecule has 1 amide bonds. The van der Waals surface area contributed by atoms with E-state index >= 15 is 0 Å². The molecule has 0 atom stereocenters. The summed E-state index contributed by atoms with van der Waals surface area (Å²) in [6, 6.07) is 10.1. The molecule has 0 saturated heterocycles. The number of nitrogens with zero attached hydrogens (tertiary/aromatic N) is 2. The lowest BCUT2D eigenvalue weighted by Crippen LogP contribution is -2.24. The van der Waals surface area contributed by atoms with Crippen LogP contribution >= 0.6 is 35.1 Å². The van der Waals surface area contributed by atoms with Gasteiger partial charge in [-0.25, -0.2) is 4.98 Å². The van der Waals surface area contributed by atoms with E-state index in [2.05, 4.69) is 15.0 Å². The number of amides is 1. The summed E-state index contributed by atoms with van der Waals surface area (Å²) < 4.78 is 42.6. The summed E-state index contributed by atoms with van der Waals surface area (Å²) in [5.41, 5.74) is 2.05. The van der Waals surface area contributed by atoms with E-state index in [1.165, 1.54) is 28.5 Å². The van der Waals surface area contributed by atoms with Crippen molar-refractivity contribution < 1.29 is 22.7 Å². The second-order valence-corrected chi connectivity index (χ2v) is 9.71. The third kappa shape index (κ3) is 5.70. The first kappa shape index (κ1) is 24.5. The van der Waals surface area contributed by atoms with Crippen molar-refractivity contribution in [2.75, 3.05) is 16.8 Å². The highest BCUT2D eigenvalue weighted by Crippen LogP contribution is 2.31. The molecule has 0 unspecified atom stereocenters. The minimum Gasteiger partial charge on any atom is -0.406 e. The maximum atomic E-state index is 13.2. The Hall–Kier alpha value is -2.63. The number of rotatable bonds is 6. The maximum Gasteiger partial charge on any atom is 0.573 e. The number of nitrogens with one attached hydrogen (secondary N) is 1. The van der Waals surface area contributed by atoms with Crippen molar-refractivity contribution in [2.24, 2.45) is 0 Å². The molecule has 34 heavy (non-hydrogen) atoms. The molecule has 1 aromatic heterocycles. The van der Waals surface area contributed by atoms with Crippen LogP contribution in [0.1, 0.15) is 11.3 Å². The molecule has 12 heteroatoms. The first-order chi connectivity index (χ1) is 16.1. The Morgan fingerprint density at radius 3 is 2.68 bits per heavy atom. The number of aryl methyl sites for hydroxylation is 2. The van der Waals surface area contributed by atoms with Crippen LogP contribution in [0.2, 0.25) is 5.02 Å². The SMILES string of the molecule is Cc1ccc(NC(=O)CSc2nc3c(c(=O)n2-c2ccc(OC(F)(F)F)cc2)SCC3)cc1Cl. The maximum absolute atomic E-state index is 13.2. The van der Waals surface area contributed by atoms with Crippen LogP contribution in [0.25, 0.3) is 5.69 Å². The first-order valence-corrected chi connectivity index (χ1v) is 12.3. The summed E-state index contributed by atoms with van der Waals surface area (Å²) in [5, 5.41) is 3.54. The third-order valence-corrected chi connectivity index (χ3v) is 7.24. The Kier molecular flexibility index (Phi) is 7.15. The lowest BCUT2D eigenvalue weighted by atomic mass is 10.2. The molecule has 0 bridgehead atoms. The van der Waals surface area contributed by atoms with Gasteiger partial charge < -0.3 is 10.1 Å². The zero-order chi connectivity index (χ0) is 24.5. The minimum atomic E-state index is -4.82. The van der Waals surface area contributed by atoms with E-state index in [1.54, 1.807) is 18.2 Å². The standard InChI is InChI=1S/C22H17ClF3N3O3S2/c1-12-2-3-13(10-16(12)23)27-18(30)11-34-21-28-17-8-9-33-19(17)20(31)29(21)14-4-6-15(7-5-14)32-22(24,25)26/h2-7,10H,8-9,11H2,1H3,(H,27,30). The van der Waals surface area contributed by atoms with Gasteiger partial charge in [-0.15, -0.1) is 24.9 Å². The molecular weight excluding hydrogens is 511 g/mol. The summed E-state index contributed by atoms with van der Waals surface area (Å²) in [6.45, 7) is 1.85. The monoisotopic (exact) mass is 527 g/mol. The van der Waals surface area contributed by atoms with Crippen molar-refractivity contribution in [3.63, 3.8) is 0 Å². The molecule has 1 aliphatic heterocycles. The van der Waals surface area contributed by atoms with E-state index in [1.807, 2.05) is 6.92 Å². The summed E-state index contributed by atoms with van der Waals surface area (Å²) >= 11 is 8.54. The summed E-state index contributed by atoms with van der Waals surface area (Å²) in [5.74, 6) is -0.0645. The lowest BCUT2D eigenvalue weighted by molar-refractivity contribution is -0.274. The molecule has 1 N–H and O–H groups in total. The van der Waals surface area contributed by atoms with Gasteiger partial charge in [-0.3, -0.25) is 14.2 Å². The van der Waals surface area contributed by atoms with Crippen molar-refractivity contribution in [3.05, 3.63) is 69.1 Å². The van der Waals surface area contributed by atoms with Gasteiger partial charge >= 0.3 is 6.36 Å². The van der Waals surface area contributed by atoms with Gasteiger partial charge in [0.1, 0.15) is 5.75 Å². The van der Waals surface area contributed by atoms with Crippen molar-refractivity contribution in [1.29, 1.82) is 0 Å². The Bertz CT molecular complexity index is 1300. The highest BCUT2D eigenvalue weighted by Gasteiger charge is 2.31. The predicted octanol–water partition coefficient (Wildman–Crippen LogP) is 5.47. The molecule has 3 aromatic rings. The zero-order valence-electron chi connectivity index (χ0n) is 17.6. The minimum absolute atomic E-state index is 0.0425. The number of anilines is 1. The van der Waals surface area contributed by atoms with E-state index in [9.17, 15) is 22.8 Å². The highest BCUT2D eigenvalue weighted by molar-refractivity contribution is 8.00. The van der Waals surface area contributed by atoms with E-state index in [0.717, 1.165) is 29.5 Å². The largest absolute Gasteiger partial charge is 0.573 e. The number of alkyl halides is 3. The summed E-state index contributed by atoms with van der Waals surface area (Å²) in [7, 11) is 0. The molecule has 0 radical (unpaired) electrons. The Labute approximate surface area is 205 Å². The van der Waals surface area contributed by atoms with E-state index in [0.29, 0.717) is 39.2 Å². The van der Waals surface area contributed by atoms with Gasteiger partial charge in [0, 0.05) is 22.9 Å². The predicted molar refractivity (Wildman–Crippen MR) is 126 cm³/mol. The quantitative estimate of drug-likeness (QED) is 0.338. The lowest BCUT2D eigenvalue weighted by Gasteiger charge is -2.15. The highest BCUT2D eigenvalue weighted by atomic mass is 35.5. The van der Waals surface area contributed by atoms with Crippen LogP contribution in [0.5, 0.6) is 5.75 Å². The number of halogens is 4. The molecule has 0 aliphatic carbocycles. The van der Waals surface area contributed by atoms with Crippen LogP contribution in [-0.2, 0) is 11.2 Å². The van der Waals surface area contributed by atoms with E-state index < -0.39 is 12.1 Å². The Morgan fingerprint density at radius 1 is 1.26 bits per heavy atom. The molecule has 0 fully saturated rings. The van der Waals surface area contributed by atoms with Crippen LogP contribution in [-0.4, -0.2) is 33.3 Å². The van der Waals surface area contributed by atoms with Crippen LogP contribution in [0.3, 0.4) is 0 Å². The number of ether oxygens (including phenoxy) is 1. The molecule has 6 nitrogen and oxygen atoms in total. The van der Waals surface area contributed by atoms with Crippen LogP contribution in [0, 0.1) is 6.92 Å². The first-order valence-electron chi connectivity index (χ1n) is 9.94. The second kappa shape index (κ2) is 9.93. The molecule has 0 spiro atoms. The number of hydrogen-bond donors (Lipinski definition) is 1. The zero-order valence-corrected chi connectivity index (χ0v) is 20.0. The smallest absolute Gasteiger partial charge is 0.406 e. The topological polar surface area (TPSA) is 73.2 Å². The average Bonchev–Trinajstić information content (AvgIpc) is 3.24. The number of thioether (sulfide) groups is 2. The molecule has 4 rings (SSSR count). The number of carbonyl (C=O) groups is 1. The van der Waals surface area contributed by atoms with Gasteiger partial charge in [0.05, 0.1) is 22.0 Å². The molecule has 2 aromatic carbocycles. The van der Waals surface area contributed by atoms with Crippen molar-refractivity contribution in [2.45, 2.75) is 29.8 Å². The fourth-order valence-electron chi connectivity index (χ4n) is 3.21. The van der Waals surface area contributed by atoms with Gasteiger partial charge in [0.25, 0.3) is 5.56 Å². The molecule has 1 aliphatic rings. The van der Waals surface area contributed by atoms with Crippen molar-refractivity contribution in [3.8, 4) is 11.4 Å². The number of aromatic nitrogens is 2.